The molecule has 0 heterocycles. The number of benzene rings is 4. The summed E-state index contributed by atoms with van der Waals surface area (Å²) in [5.41, 5.74) is 20.1. The van der Waals surface area contributed by atoms with Crippen LogP contribution < -0.4 is 0 Å². The molecule has 8 bridgehead atoms. The minimum absolute atomic E-state index is 0. The summed E-state index contributed by atoms with van der Waals surface area (Å²) in [6.07, 6.45) is 31.4. The maximum atomic E-state index is 2.90. The Morgan fingerprint density at radius 2 is 0.922 bits per heavy atom. The van der Waals surface area contributed by atoms with Gasteiger partial charge in [0.25, 0.3) is 0 Å². The summed E-state index contributed by atoms with van der Waals surface area (Å²) < 4.78 is 6.94. The monoisotopic (exact) mass is 982 g/mol. The van der Waals surface area contributed by atoms with Crippen molar-refractivity contribution in [1.82, 2.24) is 0 Å². The van der Waals surface area contributed by atoms with E-state index >= 15 is 0 Å². The van der Waals surface area contributed by atoms with E-state index in [9.17, 15) is 0 Å². The minimum Gasteiger partial charge on any atom is -0.147 e. The second-order valence-electron chi connectivity index (χ2n) is 25.0. The molecule has 4 heteroatoms. The zero-order valence-corrected chi connectivity index (χ0v) is 44.7. The first-order valence-corrected chi connectivity index (χ1v) is 39.7. The molecular weight excluding hydrogens is 911 g/mol. The van der Waals surface area contributed by atoms with Crippen LogP contribution >= 0.6 is 24.8 Å². The van der Waals surface area contributed by atoms with Gasteiger partial charge in [0, 0.05) is 0 Å². The van der Waals surface area contributed by atoms with Gasteiger partial charge < -0.3 is 0 Å². The largest absolute Gasteiger partial charge is 0.147 e. The summed E-state index contributed by atoms with van der Waals surface area (Å²) in [5.74, 6) is 6.63. The van der Waals surface area contributed by atoms with E-state index in [1.807, 2.05) is 5.57 Å². The van der Waals surface area contributed by atoms with Gasteiger partial charge in [-0.15, -0.1) is 24.8 Å². The van der Waals surface area contributed by atoms with Crippen LogP contribution in [-0.2, 0) is 28.2 Å². The third kappa shape index (κ3) is 6.91. The Morgan fingerprint density at radius 3 is 1.34 bits per heavy atom. The molecule has 15 rings (SSSR count). The van der Waals surface area contributed by atoms with E-state index < -0.39 is 17.4 Å². The molecule has 0 saturated heterocycles. The van der Waals surface area contributed by atoms with E-state index in [0.29, 0.717) is 18.1 Å². The molecular formula is C60H74Cl2SiZr. The molecule has 336 valence electrons. The van der Waals surface area contributed by atoms with Crippen molar-refractivity contribution < 1.29 is 17.4 Å². The van der Waals surface area contributed by atoms with Crippen LogP contribution in [0.4, 0.5) is 0 Å². The fraction of sp³-hybridized carbons (Fsp3) is 0.533. The van der Waals surface area contributed by atoms with Crippen LogP contribution in [-0.4, -0.2) is 6.88 Å². The fourth-order valence-corrected chi connectivity index (χ4v) is 38.6. The molecule has 11 aliphatic rings. The third-order valence-electron chi connectivity index (χ3n) is 20.3. The van der Waals surface area contributed by atoms with Crippen LogP contribution in [0.15, 0.2) is 96.1 Å². The number of hydrogen-bond donors (Lipinski definition) is 0. The first-order chi connectivity index (χ1) is 30.0. The number of halogens is 2. The predicted octanol–water partition coefficient (Wildman–Crippen LogP) is 16.7. The molecule has 0 aromatic heterocycles. The summed E-state index contributed by atoms with van der Waals surface area (Å²) in [6.45, 7) is 5.04. The van der Waals surface area contributed by atoms with Gasteiger partial charge >= 0.3 is 379 Å². The zero-order chi connectivity index (χ0) is 41.6. The van der Waals surface area contributed by atoms with Gasteiger partial charge in [-0.1, -0.05) is 0 Å². The van der Waals surface area contributed by atoms with Gasteiger partial charge in [-0.2, -0.15) is 0 Å². The van der Waals surface area contributed by atoms with Crippen molar-refractivity contribution in [2.45, 2.75) is 150 Å². The van der Waals surface area contributed by atoms with Crippen LogP contribution in [0.5, 0.6) is 0 Å². The number of allylic oxidation sites excluding steroid dienone is 2. The molecule has 2 atom stereocenters. The Kier molecular flexibility index (Phi) is 11.2. The van der Waals surface area contributed by atoms with Crippen LogP contribution in [0.25, 0.3) is 34.4 Å². The third-order valence-corrected chi connectivity index (χ3v) is 37.7. The van der Waals surface area contributed by atoms with E-state index in [0.717, 1.165) is 47.8 Å². The molecule has 0 N–H and O–H groups in total. The molecule has 0 aliphatic heterocycles. The number of rotatable bonds is 8. The first kappa shape index (κ1) is 44.5. The summed E-state index contributed by atoms with van der Waals surface area (Å²) in [6, 6.07) is 35.5. The van der Waals surface area contributed by atoms with Crippen molar-refractivity contribution >= 4 is 43.8 Å². The molecule has 2 unspecified atom stereocenters. The maximum absolute atomic E-state index is 3.81. The molecule has 9 saturated carbocycles. The summed E-state index contributed by atoms with van der Waals surface area (Å²) >= 11 is -3.81. The van der Waals surface area contributed by atoms with Crippen LogP contribution in [0.3, 0.4) is 0 Å². The number of hydrogen-bond acceptors (Lipinski definition) is 0. The van der Waals surface area contributed by atoms with Crippen molar-refractivity contribution in [2.75, 3.05) is 0 Å². The second-order valence-corrected chi connectivity index (χ2v) is 55.5. The van der Waals surface area contributed by atoms with Gasteiger partial charge in [-0.3, -0.25) is 0 Å². The van der Waals surface area contributed by atoms with Crippen molar-refractivity contribution in [3.63, 3.8) is 0 Å². The van der Waals surface area contributed by atoms with Crippen molar-refractivity contribution in [3.05, 3.63) is 129 Å². The van der Waals surface area contributed by atoms with E-state index in [2.05, 4.69) is 120 Å². The van der Waals surface area contributed by atoms with E-state index in [1.54, 1.807) is 39.0 Å². The Morgan fingerprint density at radius 1 is 0.516 bits per heavy atom. The molecule has 0 spiro atoms. The predicted molar refractivity (Wildman–Crippen MR) is 277 cm³/mol. The quantitative estimate of drug-likeness (QED) is 0.154. The van der Waals surface area contributed by atoms with Gasteiger partial charge in [0.05, 0.1) is 0 Å². The van der Waals surface area contributed by atoms with Gasteiger partial charge in [-0.05, 0) is 0 Å². The zero-order valence-electron chi connectivity index (χ0n) is 39.2. The molecule has 0 radical (unpaired) electrons. The first-order valence-electron chi connectivity index (χ1n) is 26.0. The minimum atomic E-state index is -3.81. The Bertz CT molecular complexity index is 2530. The van der Waals surface area contributed by atoms with E-state index in [1.165, 1.54) is 131 Å². The van der Waals surface area contributed by atoms with E-state index in [4.69, 9.17) is 0 Å². The summed E-state index contributed by atoms with van der Waals surface area (Å²) in [7, 11) is 0. The standard InChI is InChI=1S/C31H35.C27H29.2CH3.2ClH.H2Si.Zr/c1-2-5-24(6-3-1)27-16-26-7-4-8-29(30(26)17-27)25-9-11-28(12-10-25)31-18-21-13-22(19-31)15-23(14-21)20-31;1-2-18-13-23-4-3-5-25(26(23)14-18)22-6-8-24(9-7-22)27-15-19-10-20(16-27)12-21(11-19)17-27;;;;;;/h4,7-12,16-17,21-24H,1-3,5-6,13-15,18-20H2;3-9,13-14,19-21H,2,10-12,15-17H2,1H3;2*1H3;2*1H;1H2;. The second kappa shape index (κ2) is 16.1. The van der Waals surface area contributed by atoms with Gasteiger partial charge in [-0.25, -0.2) is 0 Å². The van der Waals surface area contributed by atoms with Crippen molar-refractivity contribution in [1.29, 1.82) is 0 Å². The van der Waals surface area contributed by atoms with Gasteiger partial charge in [0.15, 0.2) is 0 Å². The molecule has 0 nitrogen and oxygen atoms in total. The van der Waals surface area contributed by atoms with Crippen LogP contribution in [0, 0.1) is 41.4 Å². The molecule has 4 aromatic carbocycles. The fourth-order valence-electron chi connectivity index (χ4n) is 18.8. The number of fused-ring (bicyclic) bond motifs is 2. The van der Waals surface area contributed by atoms with Crippen LogP contribution in [0.1, 0.15) is 163 Å². The smallest absolute Gasteiger partial charge is 0.147 e. The topological polar surface area (TPSA) is 0 Å². The Balaban J connectivity index is 0.00000228. The van der Waals surface area contributed by atoms with Crippen LogP contribution in [0.2, 0.25) is 9.26 Å². The Labute approximate surface area is 401 Å². The van der Waals surface area contributed by atoms with E-state index in [-0.39, 0.29) is 24.8 Å². The van der Waals surface area contributed by atoms with Crippen molar-refractivity contribution in [3.8, 4) is 22.3 Å². The molecule has 0 amide bonds. The summed E-state index contributed by atoms with van der Waals surface area (Å²) in [5, 5.41) is 0. The molecule has 9 fully saturated rings. The molecule has 11 aliphatic carbocycles. The van der Waals surface area contributed by atoms with Gasteiger partial charge in [0.2, 0.25) is 0 Å². The maximum Gasteiger partial charge on any atom is -0.147 e. The van der Waals surface area contributed by atoms with Gasteiger partial charge in [0.1, 0.15) is 0 Å². The summed E-state index contributed by atoms with van der Waals surface area (Å²) in [4.78, 5) is 0. The Hall–Kier alpha value is -1.96. The average molecular weight is 985 g/mol. The molecule has 4 aromatic rings. The SMILES string of the molecule is CCC1=Cc2c(-c3ccc(C45CC6CC(CC(C6)C4)C5)cc3)cccc2[CH]1[Zr]([CH3])([CH3])(=[SiH2])[CH]1C(C2CCCCC2)=Cc2c(-c3ccc(C45CC6CC(CC(C6)C4)C5)cc3)cccc21.Cl.Cl. The van der Waals surface area contributed by atoms with Crippen molar-refractivity contribution in [2.24, 2.45) is 41.4 Å². The molecule has 64 heavy (non-hydrogen) atoms. The normalized spacial score (nSPS) is 34.4. The average Bonchev–Trinajstić information content (AvgIpc) is 3.87.